The lowest BCUT2D eigenvalue weighted by atomic mass is 10.2. The highest BCUT2D eigenvalue weighted by molar-refractivity contribution is 5.85. The summed E-state index contributed by atoms with van der Waals surface area (Å²) in [5.41, 5.74) is 0. The summed E-state index contributed by atoms with van der Waals surface area (Å²) >= 11 is 0. The average Bonchev–Trinajstić information content (AvgIpc) is 1.98. The van der Waals surface area contributed by atoms with E-state index < -0.39 is 23.8 Å². The summed E-state index contributed by atoms with van der Waals surface area (Å²) < 4.78 is 0. The van der Waals surface area contributed by atoms with Crippen LogP contribution in [0.2, 0.25) is 0 Å². The Morgan fingerprint density at radius 1 is 1.00 bits per heavy atom. The fourth-order valence-electron chi connectivity index (χ4n) is 0.361. The van der Waals surface area contributed by atoms with E-state index in [2.05, 4.69) is 0 Å². The van der Waals surface area contributed by atoms with Gasteiger partial charge in [-0.1, -0.05) is 11.8 Å². The Bertz CT molecular complexity index is 222. The van der Waals surface area contributed by atoms with Crippen LogP contribution in [0, 0.1) is 11.8 Å². The van der Waals surface area contributed by atoms with E-state index in [9.17, 15) is 9.59 Å². The fraction of sp³-hybridized carbons (Fsp3) is 0.500. The summed E-state index contributed by atoms with van der Waals surface area (Å²) in [6.07, 6.45) is -2.84. The maximum atomic E-state index is 10.4. The summed E-state index contributed by atoms with van der Waals surface area (Å²) in [6, 6.07) is 0. The van der Waals surface area contributed by atoms with E-state index in [4.69, 9.17) is 10.2 Å². The molecule has 0 bridgehead atoms. The molecule has 0 saturated heterocycles. The van der Waals surface area contributed by atoms with Crippen LogP contribution in [-0.2, 0) is 9.59 Å². The Hall–Kier alpha value is -1.18. The molecule has 0 fully saturated rings. The number of aliphatic hydroxyl groups excluding tert-OH is 2. The van der Waals surface area contributed by atoms with Gasteiger partial charge >= 0.3 is 0 Å². The zero-order valence-corrected chi connectivity index (χ0v) is 6.87. The van der Waals surface area contributed by atoms with Crippen LogP contribution in [0.25, 0.3) is 0 Å². The van der Waals surface area contributed by atoms with Gasteiger partial charge in [0, 0.05) is 0 Å². The van der Waals surface area contributed by atoms with Gasteiger partial charge in [0.25, 0.3) is 0 Å². The van der Waals surface area contributed by atoms with Gasteiger partial charge in [-0.05, 0) is 13.8 Å². The molecular weight excluding hydrogens is 160 g/mol. The monoisotopic (exact) mass is 170 g/mol. The van der Waals surface area contributed by atoms with Gasteiger partial charge in [-0.3, -0.25) is 9.59 Å². The van der Waals surface area contributed by atoms with Gasteiger partial charge in [0.1, 0.15) is 0 Å². The van der Waals surface area contributed by atoms with Gasteiger partial charge in [-0.2, -0.15) is 0 Å². The Kier molecular flexibility index (Phi) is 4.19. The van der Waals surface area contributed by atoms with Crippen molar-refractivity contribution in [2.24, 2.45) is 0 Å². The highest BCUT2D eigenvalue weighted by Crippen LogP contribution is 1.85. The van der Waals surface area contributed by atoms with Crippen molar-refractivity contribution in [3.8, 4) is 11.8 Å². The summed E-state index contributed by atoms with van der Waals surface area (Å²) in [7, 11) is 0. The first-order valence-electron chi connectivity index (χ1n) is 3.33. The maximum absolute atomic E-state index is 10.4. The molecule has 0 aliphatic heterocycles. The number of hydrogen-bond acceptors (Lipinski definition) is 4. The predicted molar refractivity (Wildman–Crippen MR) is 41.2 cm³/mol. The molecule has 4 nitrogen and oxygen atoms in total. The summed E-state index contributed by atoms with van der Waals surface area (Å²) in [6.45, 7) is 2.33. The molecule has 12 heavy (non-hydrogen) atoms. The molecule has 0 radical (unpaired) electrons. The lowest BCUT2D eigenvalue weighted by molar-refractivity contribution is -0.123. The van der Waals surface area contributed by atoms with E-state index in [0.717, 1.165) is 0 Å². The molecular formula is C8H10O4. The number of carbonyl (C=O) groups is 2. The number of aliphatic hydroxyl groups is 2. The van der Waals surface area contributed by atoms with Gasteiger partial charge in [-0.15, -0.1) is 0 Å². The smallest absolute Gasteiger partial charge is 0.173 e. The first kappa shape index (κ1) is 10.8. The molecule has 0 aliphatic carbocycles. The van der Waals surface area contributed by atoms with Crippen molar-refractivity contribution in [1.82, 2.24) is 0 Å². The number of rotatable bonds is 2. The number of hydrogen-bond donors (Lipinski definition) is 2. The standard InChI is InChI=1S/C8H10O4/c1-5(9)7(11)3-4-8(12)6(2)10/h7-8,11-12H,1-2H3. The quantitative estimate of drug-likeness (QED) is 0.515. The maximum Gasteiger partial charge on any atom is 0.173 e. The second-order valence-corrected chi connectivity index (χ2v) is 2.32. The van der Waals surface area contributed by atoms with Crippen LogP contribution in [0.4, 0.5) is 0 Å². The molecule has 4 heteroatoms. The van der Waals surface area contributed by atoms with Gasteiger partial charge in [0.2, 0.25) is 0 Å². The minimum atomic E-state index is -1.42. The Morgan fingerprint density at radius 2 is 1.25 bits per heavy atom. The number of Topliss-reactive ketones (excluding diaryl/α,β-unsaturated/α-hetero) is 2. The zero-order valence-electron chi connectivity index (χ0n) is 6.87. The third kappa shape index (κ3) is 3.86. The van der Waals surface area contributed by atoms with Crippen LogP contribution in [0.15, 0.2) is 0 Å². The lowest BCUT2D eigenvalue weighted by Crippen LogP contribution is -2.18. The Morgan fingerprint density at radius 3 is 1.42 bits per heavy atom. The molecule has 0 rings (SSSR count). The molecule has 2 N–H and O–H groups in total. The molecule has 0 spiro atoms. The van der Waals surface area contributed by atoms with E-state index >= 15 is 0 Å². The van der Waals surface area contributed by atoms with E-state index in [1.807, 2.05) is 11.8 Å². The SMILES string of the molecule is CC(=O)C(O)C#CC(O)C(C)=O. The largest absolute Gasteiger partial charge is 0.373 e. The molecule has 0 aromatic heterocycles. The minimum absolute atomic E-state index is 0.516. The van der Waals surface area contributed by atoms with Crippen molar-refractivity contribution >= 4 is 11.6 Å². The summed E-state index contributed by atoms with van der Waals surface area (Å²) in [5, 5.41) is 17.6. The predicted octanol–water partition coefficient (Wildman–Crippen LogP) is -1.11. The molecule has 2 unspecified atom stereocenters. The van der Waals surface area contributed by atoms with Gasteiger partial charge in [0.05, 0.1) is 0 Å². The van der Waals surface area contributed by atoms with Crippen molar-refractivity contribution in [2.75, 3.05) is 0 Å². The van der Waals surface area contributed by atoms with E-state index in [1.165, 1.54) is 13.8 Å². The molecule has 0 heterocycles. The van der Waals surface area contributed by atoms with Crippen molar-refractivity contribution in [3.63, 3.8) is 0 Å². The second kappa shape index (κ2) is 4.65. The summed E-state index contributed by atoms with van der Waals surface area (Å²) in [4.78, 5) is 20.8. The third-order valence-electron chi connectivity index (χ3n) is 1.13. The molecule has 0 aliphatic rings. The van der Waals surface area contributed by atoms with Crippen molar-refractivity contribution < 1.29 is 19.8 Å². The van der Waals surface area contributed by atoms with Gasteiger partial charge in [-0.25, -0.2) is 0 Å². The first-order chi connectivity index (χ1) is 5.45. The highest BCUT2D eigenvalue weighted by Gasteiger charge is 2.07. The van der Waals surface area contributed by atoms with E-state index in [-0.39, 0.29) is 0 Å². The molecule has 0 amide bonds. The number of carbonyl (C=O) groups excluding carboxylic acids is 2. The van der Waals surface area contributed by atoms with Crippen LogP contribution in [0.3, 0.4) is 0 Å². The van der Waals surface area contributed by atoms with Crippen molar-refractivity contribution in [3.05, 3.63) is 0 Å². The van der Waals surface area contributed by atoms with Gasteiger partial charge < -0.3 is 10.2 Å². The third-order valence-corrected chi connectivity index (χ3v) is 1.13. The molecule has 0 aromatic rings. The molecule has 2 atom stereocenters. The zero-order chi connectivity index (χ0) is 9.72. The normalized spacial score (nSPS) is 14.0. The van der Waals surface area contributed by atoms with Crippen LogP contribution in [0.1, 0.15) is 13.8 Å². The fourth-order valence-corrected chi connectivity index (χ4v) is 0.361. The Labute approximate surface area is 70.2 Å². The second-order valence-electron chi connectivity index (χ2n) is 2.32. The van der Waals surface area contributed by atoms with Crippen LogP contribution >= 0.6 is 0 Å². The number of ketones is 2. The Balaban J connectivity index is 4.21. The van der Waals surface area contributed by atoms with E-state index in [1.54, 1.807) is 0 Å². The van der Waals surface area contributed by atoms with Crippen LogP contribution in [-0.4, -0.2) is 34.0 Å². The van der Waals surface area contributed by atoms with Crippen LogP contribution in [0.5, 0.6) is 0 Å². The molecule has 0 saturated carbocycles. The topological polar surface area (TPSA) is 74.6 Å². The minimum Gasteiger partial charge on any atom is -0.373 e. The molecule has 66 valence electrons. The van der Waals surface area contributed by atoms with Crippen molar-refractivity contribution in [1.29, 1.82) is 0 Å². The van der Waals surface area contributed by atoms with Crippen LogP contribution < -0.4 is 0 Å². The van der Waals surface area contributed by atoms with E-state index in [0.29, 0.717) is 0 Å². The molecule has 0 aromatic carbocycles. The van der Waals surface area contributed by atoms with Crippen molar-refractivity contribution in [2.45, 2.75) is 26.1 Å². The van der Waals surface area contributed by atoms with Gasteiger partial charge in [0.15, 0.2) is 23.8 Å². The highest BCUT2D eigenvalue weighted by atomic mass is 16.3. The average molecular weight is 170 g/mol. The first-order valence-corrected chi connectivity index (χ1v) is 3.33. The lowest BCUT2D eigenvalue weighted by Gasteiger charge is -1.96. The summed E-state index contributed by atoms with van der Waals surface area (Å²) in [5.74, 6) is 3.07.